The molecule has 0 aromatic carbocycles. The predicted octanol–water partition coefficient (Wildman–Crippen LogP) is 2.78. The van der Waals surface area contributed by atoms with E-state index in [2.05, 4.69) is 65.1 Å². The number of likely N-dealkylation sites (N-methyl/N-ethyl adjacent to an activating group) is 1. The lowest BCUT2D eigenvalue weighted by atomic mass is 10.2. The van der Waals surface area contributed by atoms with Gasteiger partial charge in [-0.05, 0) is 60.1 Å². The number of thiophene rings is 1. The zero-order valence-electron chi connectivity index (χ0n) is 9.59. The Morgan fingerprint density at radius 2 is 2.33 bits per heavy atom. The zero-order valence-corrected chi connectivity index (χ0v) is 12.6. The van der Waals surface area contributed by atoms with Gasteiger partial charge in [-0.1, -0.05) is 6.92 Å². The standard InChI is InChI=1S/C11H19IN2S/c1-4-14(3)7-9(2)13-6-10-5-11(12)15-8-10/h5,8-9,13H,4,6-7H2,1-3H3. The fourth-order valence-electron chi connectivity index (χ4n) is 1.39. The van der Waals surface area contributed by atoms with Gasteiger partial charge in [0, 0.05) is 19.1 Å². The normalized spacial score (nSPS) is 13.4. The molecule has 1 atom stereocenters. The monoisotopic (exact) mass is 338 g/mol. The summed E-state index contributed by atoms with van der Waals surface area (Å²) >= 11 is 4.18. The summed E-state index contributed by atoms with van der Waals surface area (Å²) in [6.45, 7) is 7.63. The van der Waals surface area contributed by atoms with Crippen LogP contribution < -0.4 is 5.32 Å². The highest BCUT2D eigenvalue weighted by molar-refractivity contribution is 14.1. The molecular weight excluding hydrogens is 319 g/mol. The molecule has 1 rings (SSSR count). The molecule has 0 spiro atoms. The second-order valence-corrected chi connectivity index (χ2v) is 6.70. The molecule has 1 N–H and O–H groups in total. The first-order chi connectivity index (χ1) is 7.11. The van der Waals surface area contributed by atoms with Gasteiger partial charge in [-0.3, -0.25) is 0 Å². The predicted molar refractivity (Wildman–Crippen MR) is 76.5 cm³/mol. The van der Waals surface area contributed by atoms with Crippen LogP contribution in [0.3, 0.4) is 0 Å². The molecule has 0 bridgehead atoms. The van der Waals surface area contributed by atoms with Crippen LogP contribution in [0.5, 0.6) is 0 Å². The van der Waals surface area contributed by atoms with Crippen LogP contribution in [0, 0.1) is 2.88 Å². The molecule has 0 radical (unpaired) electrons. The highest BCUT2D eigenvalue weighted by Gasteiger charge is 2.04. The van der Waals surface area contributed by atoms with Crippen LogP contribution in [0.2, 0.25) is 0 Å². The zero-order chi connectivity index (χ0) is 11.3. The van der Waals surface area contributed by atoms with Gasteiger partial charge in [0.15, 0.2) is 0 Å². The summed E-state index contributed by atoms with van der Waals surface area (Å²) in [7, 11) is 2.16. The van der Waals surface area contributed by atoms with E-state index in [1.165, 1.54) is 8.45 Å². The summed E-state index contributed by atoms with van der Waals surface area (Å²) in [6.07, 6.45) is 0. The quantitative estimate of drug-likeness (QED) is 0.803. The van der Waals surface area contributed by atoms with Crippen LogP contribution in [0.15, 0.2) is 11.4 Å². The summed E-state index contributed by atoms with van der Waals surface area (Å²) in [6, 6.07) is 2.79. The molecule has 4 heteroatoms. The van der Waals surface area contributed by atoms with Crippen molar-refractivity contribution in [3.63, 3.8) is 0 Å². The van der Waals surface area contributed by atoms with E-state index in [0.717, 1.165) is 19.6 Å². The largest absolute Gasteiger partial charge is 0.309 e. The van der Waals surface area contributed by atoms with Gasteiger partial charge < -0.3 is 10.2 Å². The fourth-order valence-corrected chi connectivity index (χ4v) is 2.81. The second-order valence-electron chi connectivity index (χ2n) is 3.90. The lowest BCUT2D eigenvalue weighted by molar-refractivity contribution is 0.309. The van der Waals surface area contributed by atoms with Crippen molar-refractivity contribution in [3.8, 4) is 0 Å². The number of nitrogens with one attached hydrogen (secondary N) is 1. The lowest BCUT2D eigenvalue weighted by Gasteiger charge is -2.20. The SMILES string of the molecule is CCN(C)CC(C)NCc1csc(I)c1. The number of rotatable bonds is 6. The minimum Gasteiger partial charge on any atom is -0.309 e. The number of hydrogen-bond acceptors (Lipinski definition) is 3. The Kier molecular flexibility index (Phi) is 6.11. The van der Waals surface area contributed by atoms with Gasteiger partial charge >= 0.3 is 0 Å². The van der Waals surface area contributed by atoms with Gasteiger partial charge in [0.05, 0.1) is 2.88 Å². The first-order valence-electron chi connectivity index (χ1n) is 5.26. The average molecular weight is 338 g/mol. The second kappa shape index (κ2) is 6.83. The number of nitrogens with zero attached hydrogens (tertiary/aromatic N) is 1. The average Bonchev–Trinajstić information content (AvgIpc) is 2.61. The van der Waals surface area contributed by atoms with E-state index in [4.69, 9.17) is 0 Å². The Morgan fingerprint density at radius 1 is 1.60 bits per heavy atom. The first-order valence-corrected chi connectivity index (χ1v) is 7.22. The van der Waals surface area contributed by atoms with E-state index in [1.807, 2.05) is 11.3 Å². The van der Waals surface area contributed by atoms with Crippen LogP contribution in [0.25, 0.3) is 0 Å². The van der Waals surface area contributed by atoms with Crippen LogP contribution in [-0.2, 0) is 6.54 Å². The highest BCUT2D eigenvalue weighted by atomic mass is 127. The Labute approximate surface area is 110 Å². The molecule has 0 amide bonds. The van der Waals surface area contributed by atoms with Gasteiger partial charge in [-0.25, -0.2) is 0 Å². The Balaban J connectivity index is 2.25. The molecule has 1 heterocycles. The molecule has 0 fully saturated rings. The molecule has 0 aliphatic heterocycles. The van der Waals surface area contributed by atoms with E-state index < -0.39 is 0 Å². The maximum atomic E-state index is 3.54. The van der Waals surface area contributed by atoms with Crippen molar-refractivity contribution in [1.82, 2.24) is 10.2 Å². The molecule has 15 heavy (non-hydrogen) atoms. The molecule has 0 aliphatic rings. The molecule has 0 saturated carbocycles. The lowest BCUT2D eigenvalue weighted by Crippen LogP contribution is -2.36. The maximum Gasteiger partial charge on any atom is 0.0656 e. The molecule has 0 aliphatic carbocycles. The molecule has 1 aromatic rings. The van der Waals surface area contributed by atoms with Crippen molar-refractivity contribution >= 4 is 33.9 Å². The molecular formula is C11H19IN2S. The topological polar surface area (TPSA) is 15.3 Å². The number of halogens is 1. The van der Waals surface area contributed by atoms with E-state index in [1.54, 1.807) is 0 Å². The Hall–Kier alpha value is 0.350. The van der Waals surface area contributed by atoms with E-state index >= 15 is 0 Å². The Bertz CT molecular complexity index is 288. The molecule has 86 valence electrons. The van der Waals surface area contributed by atoms with Gasteiger partial charge in [0.1, 0.15) is 0 Å². The summed E-state index contributed by atoms with van der Waals surface area (Å²) in [5.74, 6) is 0. The third kappa shape index (κ3) is 5.29. The minimum atomic E-state index is 0.549. The molecule has 2 nitrogen and oxygen atoms in total. The number of hydrogen-bond donors (Lipinski definition) is 1. The maximum absolute atomic E-state index is 3.54. The summed E-state index contributed by atoms with van der Waals surface area (Å²) in [5, 5.41) is 5.77. The fraction of sp³-hybridized carbons (Fsp3) is 0.636. The molecule has 1 aromatic heterocycles. The Morgan fingerprint density at radius 3 is 2.87 bits per heavy atom. The molecule has 1 unspecified atom stereocenters. The van der Waals surface area contributed by atoms with Gasteiger partial charge in [0.2, 0.25) is 0 Å². The third-order valence-corrected chi connectivity index (χ3v) is 4.24. The van der Waals surface area contributed by atoms with Crippen LogP contribution in [0.1, 0.15) is 19.4 Å². The third-order valence-electron chi connectivity index (χ3n) is 2.40. The van der Waals surface area contributed by atoms with Crippen LogP contribution in [0.4, 0.5) is 0 Å². The van der Waals surface area contributed by atoms with Crippen molar-refractivity contribution < 1.29 is 0 Å². The van der Waals surface area contributed by atoms with Crippen molar-refractivity contribution in [2.24, 2.45) is 0 Å². The summed E-state index contributed by atoms with van der Waals surface area (Å²) in [4.78, 5) is 2.33. The first kappa shape index (κ1) is 13.4. The summed E-state index contributed by atoms with van der Waals surface area (Å²) in [5.41, 5.74) is 1.40. The van der Waals surface area contributed by atoms with Gasteiger partial charge in [-0.15, -0.1) is 11.3 Å². The van der Waals surface area contributed by atoms with Crippen LogP contribution >= 0.6 is 33.9 Å². The van der Waals surface area contributed by atoms with Crippen molar-refractivity contribution in [3.05, 3.63) is 19.9 Å². The van der Waals surface area contributed by atoms with Crippen molar-refractivity contribution in [1.29, 1.82) is 0 Å². The smallest absolute Gasteiger partial charge is 0.0656 e. The van der Waals surface area contributed by atoms with E-state index in [9.17, 15) is 0 Å². The minimum absolute atomic E-state index is 0.549. The van der Waals surface area contributed by atoms with E-state index in [-0.39, 0.29) is 0 Å². The van der Waals surface area contributed by atoms with Crippen molar-refractivity contribution in [2.75, 3.05) is 20.1 Å². The van der Waals surface area contributed by atoms with Gasteiger partial charge in [0.25, 0.3) is 0 Å². The van der Waals surface area contributed by atoms with Crippen molar-refractivity contribution in [2.45, 2.75) is 26.4 Å². The summed E-state index contributed by atoms with van der Waals surface area (Å²) < 4.78 is 1.36. The van der Waals surface area contributed by atoms with Gasteiger partial charge in [-0.2, -0.15) is 0 Å². The van der Waals surface area contributed by atoms with Crippen LogP contribution in [-0.4, -0.2) is 31.1 Å². The van der Waals surface area contributed by atoms with E-state index in [0.29, 0.717) is 6.04 Å². The molecule has 0 saturated heterocycles. The highest BCUT2D eigenvalue weighted by Crippen LogP contribution is 2.16.